The third-order valence-corrected chi connectivity index (χ3v) is 6.52. The lowest BCUT2D eigenvalue weighted by atomic mass is 9.97. The Bertz CT molecular complexity index is 1120. The molecule has 1 atom stereocenters. The maximum Gasteiger partial charge on any atom is 0.267 e. The van der Waals surface area contributed by atoms with Gasteiger partial charge in [-0.05, 0) is 57.6 Å². The molecule has 1 unspecified atom stereocenters. The Morgan fingerprint density at radius 2 is 2.03 bits per heavy atom. The largest absolute Gasteiger partial charge is 0.368 e. The van der Waals surface area contributed by atoms with Crippen molar-refractivity contribution in [2.24, 2.45) is 0 Å². The summed E-state index contributed by atoms with van der Waals surface area (Å²) in [6.45, 7) is 5.33. The van der Waals surface area contributed by atoms with Crippen LogP contribution in [0.1, 0.15) is 49.1 Å². The molecular formula is C22H30N8O. The number of nitrogens with zero attached hydrogens (tertiary/aromatic N) is 7. The van der Waals surface area contributed by atoms with Gasteiger partial charge < -0.3 is 5.32 Å². The molecule has 0 bridgehead atoms. The number of hydrogen-bond donors (Lipinski definition) is 1. The van der Waals surface area contributed by atoms with E-state index in [0.717, 1.165) is 61.7 Å². The monoisotopic (exact) mass is 422 g/mol. The summed E-state index contributed by atoms with van der Waals surface area (Å²) in [5.74, 6) is 1.53. The fraction of sp³-hybridized carbons (Fsp3) is 0.591. The Kier molecular flexibility index (Phi) is 5.67. The van der Waals surface area contributed by atoms with E-state index < -0.39 is 0 Å². The van der Waals surface area contributed by atoms with Gasteiger partial charge in [-0.25, -0.2) is 9.67 Å². The van der Waals surface area contributed by atoms with Crippen molar-refractivity contribution in [3.05, 3.63) is 45.8 Å². The normalized spacial score (nSPS) is 19.5. The fourth-order valence-electron chi connectivity index (χ4n) is 4.85. The zero-order valence-electron chi connectivity index (χ0n) is 18.1. The van der Waals surface area contributed by atoms with Crippen LogP contribution in [0.4, 0.5) is 5.82 Å². The van der Waals surface area contributed by atoms with Crippen molar-refractivity contribution in [2.75, 3.05) is 25.0 Å². The smallest absolute Gasteiger partial charge is 0.267 e. The van der Waals surface area contributed by atoms with Gasteiger partial charge >= 0.3 is 0 Å². The van der Waals surface area contributed by atoms with Crippen LogP contribution in [0, 0.1) is 6.92 Å². The molecule has 3 aromatic rings. The molecule has 1 fully saturated rings. The Morgan fingerprint density at radius 1 is 1.13 bits per heavy atom. The fourth-order valence-corrected chi connectivity index (χ4v) is 4.85. The van der Waals surface area contributed by atoms with Gasteiger partial charge in [-0.1, -0.05) is 6.42 Å². The van der Waals surface area contributed by atoms with E-state index in [2.05, 4.69) is 25.3 Å². The zero-order chi connectivity index (χ0) is 21.2. The number of nitrogens with one attached hydrogen (secondary N) is 1. The van der Waals surface area contributed by atoms with Gasteiger partial charge in [-0.2, -0.15) is 19.7 Å². The number of rotatable bonds is 6. The van der Waals surface area contributed by atoms with Gasteiger partial charge in [0.2, 0.25) is 0 Å². The van der Waals surface area contributed by atoms with Gasteiger partial charge in [0.05, 0.1) is 12.2 Å². The number of fused-ring (bicyclic) bond motifs is 2. The molecule has 0 aromatic carbocycles. The molecule has 0 spiro atoms. The van der Waals surface area contributed by atoms with Crippen LogP contribution in [0.3, 0.4) is 0 Å². The molecular weight excluding hydrogens is 392 g/mol. The van der Waals surface area contributed by atoms with E-state index in [1.165, 1.54) is 32.0 Å². The first-order chi connectivity index (χ1) is 15.2. The van der Waals surface area contributed by atoms with Crippen LogP contribution in [0.2, 0.25) is 0 Å². The van der Waals surface area contributed by atoms with Crippen molar-refractivity contribution >= 4 is 11.6 Å². The molecule has 1 N–H and O–H groups in total. The van der Waals surface area contributed by atoms with Crippen molar-refractivity contribution in [2.45, 2.75) is 64.5 Å². The van der Waals surface area contributed by atoms with Crippen LogP contribution in [-0.4, -0.2) is 59.9 Å². The molecule has 1 aliphatic heterocycles. The average Bonchev–Trinajstić information content (AvgIpc) is 3.25. The highest BCUT2D eigenvalue weighted by Crippen LogP contribution is 2.19. The standard InChI is InChI=1S/C22H30N8O/c1-16-12-20(30-22(26-16)24-15-25-30)23-14-18-7-4-5-9-28(18)10-11-29-21(31)13-17-6-2-3-8-19(17)27-29/h12-13,15,18,23H,2-11,14H2,1H3. The summed E-state index contributed by atoms with van der Waals surface area (Å²) in [4.78, 5) is 23.6. The van der Waals surface area contributed by atoms with E-state index in [4.69, 9.17) is 5.10 Å². The van der Waals surface area contributed by atoms with Crippen molar-refractivity contribution in [3.63, 3.8) is 0 Å². The molecule has 5 rings (SSSR count). The highest BCUT2D eigenvalue weighted by molar-refractivity contribution is 5.44. The highest BCUT2D eigenvalue weighted by Gasteiger charge is 2.23. The minimum absolute atomic E-state index is 0.0353. The molecule has 0 saturated carbocycles. The van der Waals surface area contributed by atoms with E-state index >= 15 is 0 Å². The van der Waals surface area contributed by atoms with Gasteiger partial charge in [-0.15, -0.1) is 0 Å². The molecule has 9 heteroatoms. The lowest BCUT2D eigenvalue weighted by Gasteiger charge is -2.36. The van der Waals surface area contributed by atoms with Crippen LogP contribution < -0.4 is 10.9 Å². The van der Waals surface area contributed by atoms with Gasteiger partial charge in [0, 0.05) is 37.0 Å². The van der Waals surface area contributed by atoms with Gasteiger partial charge in [0.1, 0.15) is 12.1 Å². The van der Waals surface area contributed by atoms with Crippen molar-refractivity contribution in [1.82, 2.24) is 34.3 Å². The summed E-state index contributed by atoms with van der Waals surface area (Å²) in [5, 5.41) is 12.5. The molecule has 164 valence electrons. The second-order valence-electron chi connectivity index (χ2n) is 8.71. The predicted molar refractivity (Wildman–Crippen MR) is 118 cm³/mol. The summed E-state index contributed by atoms with van der Waals surface area (Å²) < 4.78 is 3.42. The number of piperidine rings is 1. The number of aromatic nitrogens is 6. The summed E-state index contributed by atoms with van der Waals surface area (Å²) in [6.07, 6.45) is 9.43. The Labute approximate surface area is 181 Å². The molecule has 2 aliphatic rings. The van der Waals surface area contributed by atoms with E-state index in [9.17, 15) is 4.79 Å². The van der Waals surface area contributed by atoms with Crippen molar-refractivity contribution < 1.29 is 0 Å². The Balaban J connectivity index is 1.26. The number of likely N-dealkylation sites (tertiary alicyclic amines) is 1. The molecule has 1 aliphatic carbocycles. The molecule has 1 saturated heterocycles. The van der Waals surface area contributed by atoms with Gasteiger partial charge in [0.25, 0.3) is 11.3 Å². The van der Waals surface area contributed by atoms with E-state index in [-0.39, 0.29) is 5.56 Å². The average molecular weight is 423 g/mol. The quantitative estimate of drug-likeness (QED) is 0.648. The molecule has 3 aromatic heterocycles. The van der Waals surface area contributed by atoms with Gasteiger partial charge in [-0.3, -0.25) is 9.69 Å². The minimum Gasteiger partial charge on any atom is -0.368 e. The SMILES string of the molecule is Cc1cc(NCC2CCCCN2CCn2nc3c(cc2=O)CCCC3)n2ncnc2n1. The number of anilines is 1. The lowest BCUT2D eigenvalue weighted by Crippen LogP contribution is -2.46. The topological polar surface area (TPSA) is 93.2 Å². The Hall–Kier alpha value is -2.81. The third kappa shape index (κ3) is 4.32. The molecule has 4 heterocycles. The van der Waals surface area contributed by atoms with Crippen LogP contribution in [0.5, 0.6) is 0 Å². The second kappa shape index (κ2) is 8.74. The molecule has 31 heavy (non-hydrogen) atoms. The van der Waals surface area contributed by atoms with E-state index in [0.29, 0.717) is 18.4 Å². The Morgan fingerprint density at radius 3 is 2.97 bits per heavy atom. The number of aryl methyl sites for hydroxylation is 3. The van der Waals surface area contributed by atoms with Crippen LogP contribution in [-0.2, 0) is 19.4 Å². The van der Waals surface area contributed by atoms with Crippen LogP contribution >= 0.6 is 0 Å². The maximum atomic E-state index is 12.5. The second-order valence-corrected chi connectivity index (χ2v) is 8.71. The van der Waals surface area contributed by atoms with Crippen LogP contribution in [0.15, 0.2) is 23.3 Å². The van der Waals surface area contributed by atoms with Crippen molar-refractivity contribution in [1.29, 1.82) is 0 Å². The first-order valence-electron chi connectivity index (χ1n) is 11.4. The number of hydrogen-bond acceptors (Lipinski definition) is 7. The first kappa shape index (κ1) is 20.1. The zero-order valence-corrected chi connectivity index (χ0v) is 18.1. The highest BCUT2D eigenvalue weighted by atomic mass is 16.1. The summed E-state index contributed by atoms with van der Waals surface area (Å²) >= 11 is 0. The molecule has 0 amide bonds. The summed E-state index contributed by atoms with van der Waals surface area (Å²) in [5.41, 5.74) is 3.22. The molecule has 0 radical (unpaired) electrons. The summed E-state index contributed by atoms with van der Waals surface area (Å²) in [7, 11) is 0. The predicted octanol–water partition coefficient (Wildman–Crippen LogP) is 1.83. The maximum absolute atomic E-state index is 12.5. The third-order valence-electron chi connectivity index (χ3n) is 6.52. The van der Waals surface area contributed by atoms with E-state index in [1.807, 2.05) is 19.1 Å². The molecule has 9 nitrogen and oxygen atoms in total. The lowest BCUT2D eigenvalue weighted by molar-refractivity contribution is 0.147. The van der Waals surface area contributed by atoms with Gasteiger partial charge in [0.15, 0.2) is 0 Å². The summed E-state index contributed by atoms with van der Waals surface area (Å²) in [6, 6.07) is 4.23. The van der Waals surface area contributed by atoms with E-state index in [1.54, 1.807) is 9.20 Å². The van der Waals surface area contributed by atoms with Crippen molar-refractivity contribution in [3.8, 4) is 0 Å². The first-order valence-corrected chi connectivity index (χ1v) is 11.4. The minimum atomic E-state index is 0.0353. The van der Waals surface area contributed by atoms with Crippen LogP contribution in [0.25, 0.3) is 5.78 Å².